The topological polar surface area (TPSA) is 41.3 Å². The average molecular weight is 253 g/mol. The van der Waals surface area contributed by atoms with E-state index in [1.165, 1.54) is 6.07 Å². The first-order chi connectivity index (χ1) is 8.74. The molecule has 0 unspecified atom stereocenters. The quantitative estimate of drug-likeness (QED) is 0.843. The molecule has 1 aromatic heterocycles. The predicted octanol–water partition coefficient (Wildman–Crippen LogP) is 1.91. The standard InChI is InChI=1S/C12H13F2N3O/c13-8-6-9(14)11-10(7-8)16-12(18-11)17-4-1-2-15-3-5-17/h6-7,15H,1-5H2. The minimum Gasteiger partial charge on any atom is -0.420 e. The zero-order valence-corrected chi connectivity index (χ0v) is 9.75. The highest BCUT2D eigenvalue weighted by Gasteiger charge is 2.18. The van der Waals surface area contributed by atoms with Crippen molar-refractivity contribution in [2.45, 2.75) is 6.42 Å². The van der Waals surface area contributed by atoms with Crippen LogP contribution < -0.4 is 10.2 Å². The van der Waals surface area contributed by atoms with Crippen LogP contribution >= 0.6 is 0 Å². The van der Waals surface area contributed by atoms with Crippen molar-refractivity contribution in [3.05, 3.63) is 23.8 Å². The second-order valence-electron chi connectivity index (χ2n) is 4.32. The summed E-state index contributed by atoms with van der Waals surface area (Å²) < 4.78 is 32.0. The fourth-order valence-corrected chi connectivity index (χ4v) is 2.12. The first kappa shape index (κ1) is 11.4. The van der Waals surface area contributed by atoms with Crippen LogP contribution in [0.5, 0.6) is 0 Å². The monoisotopic (exact) mass is 253 g/mol. The highest BCUT2D eigenvalue weighted by Crippen LogP contribution is 2.25. The van der Waals surface area contributed by atoms with Gasteiger partial charge in [-0.25, -0.2) is 8.78 Å². The zero-order valence-electron chi connectivity index (χ0n) is 9.75. The number of nitrogens with one attached hydrogen (secondary N) is 1. The molecule has 0 saturated carbocycles. The molecule has 1 saturated heterocycles. The Kier molecular flexibility index (Phi) is 2.87. The molecule has 1 aromatic carbocycles. The summed E-state index contributed by atoms with van der Waals surface area (Å²) in [5.74, 6) is -1.35. The van der Waals surface area contributed by atoms with Gasteiger partial charge in [0.25, 0.3) is 6.01 Å². The van der Waals surface area contributed by atoms with Crippen molar-refractivity contribution >= 4 is 17.1 Å². The van der Waals surface area contributed by atoms with Gasteiger partial charge in [0.1, 0.15) is 11.3 Å². The summed E-state index contributed by atoms with van der Waals surface area (Å²) in [5.41, 5.74) is 0.239. The maximum Gasteiger partial charge on any atom is 0.298 e. The summed E-state index contributed by atoms with van der Waals surface area (Å²) in [7, 11) is 0. The maximum absolute atomic E-state index is 13.5. The molecular formula is C12H13F2N3O. The Morgan fingerprint density at radius 3 is 3.00 bits per heavy atom. The van der Waals surface area contributed by atoms with Crippen molar-refractivity contribution in [1.29, 1.82) is 0 Å². The predicted molar refractivity (Wildman–Crippen MR) is 63.6 cm³/mol. The number of rotatable bonds is 1. The molecule has 0 radical (unpaired) electrons. The second kappa shape index (κ2) is 4.53. The van der Waals surface area contributed by atoms with E-state index < -0.39 is 11.6 Å². The number of nitrogens with zero attached hydrogens (tertiary/aromatic N) is 2. The van der Waals surface area contributed by atoms with Crippen LogP contribution in [0.4, 0.5) is 14.8 Å². The second-order valence-corrected chi connectivity index (χ2v) is 4.32. The molecule has 0 amide bonds. The SMILES string of the molecule is Fc1cc(F)c2oc(N3CCCNCC3)nc2c1. The number of halogens is 2. The summed E-state index contributed by atoms with van der Waals surface area (Å²) >= 11 is 0. The van der Waals surface area contributed by atoms with Crippen LogP contribution in [0, 0.1) is 11.6 Å². The van der Waals surface area contributed by atoms with Crippen molar-refractivity contribution in [1.82, 2.24) is 10.3 Å². The fraction of sp³-hybridized carbons (Fsp3) is 0.417. The van der Waals surface area contributed by atoms with Gasteiger partial charge in [-0.15, -0.1) is 0 Å². The van der Waals surface area contributed by atoms with Gasteiger partial charge in [-0.3, -0.25) is 0 Å². The fourth-order valence-electron chi connectivity index (χ4n) is 2.12. The normalized spacial score (nSPS) is 17.1. The van der Waals surface area contributed by atoms with E-state index in [0.29, 0.717) is 6.01 Å². The number of hydrogen-bond acceptors (Lipinski definition) is 4. The van der Waals surface area contributed by atoms with Gasteiger partial charge in [-0.2, -0.15) is 4.98 Å². The Hall–Kier alpha value is -1.69. The molecule has 0 aliphatic carbocycles. The van der Waals surface area contributed by atoms with Gasteiger partial charge in [-0.05, 0) is 13.0 Å². The molecule has 2 heterocycles. The lowest BCUT2D eigenvalue weighted by Crippen LogP contribution is -2.27. The molecule has 0 atom stereocenters. The molecule has 0 spiro atoms. The van der Waals surface area contributed by atoms with E-state index in [4.69, 9.17) is 4.42 Å². The van der Waals surface area contributed by atoms with Crippen LogP contribution in [-0.4, -0.2) is 31.2 Å². The van der Waals surface area contributed by atoms with E-state index >= 15 is 0 Å². The van der Waals surface area contributed by atoms with Crippen LogP contribution in [0.2, 0.25) is 0 Å². The Morgan fingerprint density at radius 2 is 2.11 bits per heavy atom. The third kappa shape index (κ3) is 2.03. The van der Waals surface area contributed by atoms with Crippen molar-refractivity contribution in [3.8, 4) is 0 Å². The summed E-state index contributed by atoms with van der Waals surface area (Å²) in [5, 5.41) is 3.26. The largest absolute Gasteiger partial charge is 0.420 e. The Balaban J connectivity index is 1.99. The zero-order chi connectivity index (χ0) is 12.5. The molecule has 1 fully saturated rings. The summed E-state index contributed by atoms with van der Waals surface area (Å²) in [6.45, 7) is 3.32. The summed E-state index contributed by atoms with van der Waals surface area (Å²) in [4.78, 5) is 6.09. The Labute approximate surface area is 103 Å². The van der Waals surface area contributed by atoms with Gasteiger partial charge in [0, 0.05) is 31.8 Å². The molecule has 1 aliphatic heterocycles. The van der Waals surface area contributed by atoms with E-state index in [-0.39, 0.29) is 11.1 Å². The molecule has 2 aromatic rings. The minimum absolute atomic E-state index is 0.0172. The van der Waals surface area contributed by atoms with Crippen LogP contribution in [0.3, 0.4) is 0 Å². The average Bonchev–Trinajstić information content (AvgIpc) is 2.59. The molecule has 96 valence electrons. The Morgan fingerprint density at radius 1 is 1.22 bits per heavy atom. The van der Waals surface area contributed by atoms with Crippen LogP contribution in [-0.2, 0) is 0 Å². The molecule has 6 heteroatoms. The van der Waals surface area contributed by atoms with Gasteiger partial charge in [0.15, 0.2) is 11.4 Å². The lowest BCUT2D eigenvalue weighted by atomic mass is 10.3. The van der Waals surface area contributed by atoms with Crippen molar-refractivity contribution in [2.75, 3.05) is 31.1 Å². The van der Waals surface area contributed by atoms with E-state index in [0.717, 1.165) is 38.7 Å². The summed E-state index contributed by atoms with van der Waals surface area (Å²) in [6, 6.07) is 2.35. The lowest BCUT2D eigenvalue weighted by Gasteiger charge is -2.16. The highest BCUT2D eigenvalue weighted by molar-refractivity contribution is 5.75. The highest BCUT2D eigenvalue weighted by atomic mass is 19.1. The molecule has 3 rings (SSSR count). The van der Waals surface area contributed by atoms with Crippen LogP contribution in [0.15, 0.2) is 16.5 Å². The first-order valence-electron chi connectivity index (χ1n) is 5.95. The number of anilines is 1. The molecule has 4 nitrogen and oxygen atoms in total. The molecule has 0 bridgehead atoms. The number of aromatic nitrogens is 1. The Bertz CT molecular complexity index is 562. The van der Waals surface area contributed by atoms with Gasteiger partial charge < -0.3 is 14.6 Å². The number of hydrogen-bond donors (Lipinski definition) is 1. The van der Waals surface area contributed by atoms with Gasteiger partial charge in [0.2, 0.25) is 0 Å². The van der Waals surface area contributed by atoms with Crippen molar-refractivity contribution in [2.24, 2.45) is 0 Å². The van der Waals surface area contributed by atoms with E-state index in [2.05, 4.69) is 10.3 Å². The van der Waals surface area contributed by atoms with Crippen molar-refractivity contribution in [3.63, 3.8) is 0 Å². The van der Waals surface area contributed by atoms with Crippen molar-refractivity contribution < 1.29 is 13.2 Å². The first-order valence-corrected chi connectivity index (χ1v) is 5.95. The minimum atomic E-state index is -0.711. The lowest BCUT2D eigenvalue weighted by molar-refractivity contribution is 0.532. The molecule has 1 N–H and O–H groups in total. The number of benzene rings is 1. The smallest absolute Gasteiger partial charge is 0.298 e. The van der Waals surface area contributed by atoms with Gasteiger partial charge in [-0.1, -0.05) is 0 Å². The third-order valence-electron chi connectivity index (χ3n) is 3.01. The van der Waals surface area contributed by atoms with E-state index in [9.17, 15) is 8.78 Å². The third-order valence-corrected chi connectivity index (χ3v) is 3.01. The van der Waals surface area contributed by atoms with E-state index in [1.807, 2.05) is 4.90 Å². The number of fused-ring (bicyclic) bond motifs is 1. The molecular weight excluding hydrogens is 240 g/mol. The van der Waals surface area contributed by atoms with Gasteiger partial charge in [0.05, 0.1) is 0 Å². The number of oxazole rings is 1. The van der Waals surface area contributed by atoms with Gasteiger partial charge >= 0.3 is 0 Å². The van der Waals surface area contributed by atoms with Crippen LogP contribution in [0.25, 0.3) is 11.1 Å². The maximum atomic E-state index is 13.5. The summed E-state index contributed by atoms with van der Waals surface area (Å²) in [6.07, 6.45) is 0.968. The van der Waals surface area contributed by atoms with Crippen LogP contribution in [0.1, 0.15) is 6.42 Å². The van der Waals surface area contributed by atoms with E-state index in [1.54, 1.807) is 0 Å². The molecule has 1 aliphatic rings. The molecule has 18 heavy (non-hydrogen) atoms.